The van der Waals surface area contributed by atoms with Crippen molar-refractivity contribution in [3.8, 4) is 16.3 Å². The number of benzene rings is 1. The Bertz CT molecular complexity index is 766. The van der Waals surface area contributed by atoms with Crippen molar-refractivity contribution in [1.82, 2.24) is 4.98 Å². The number of nitrogens with zero attached hydrogens (tertiary/aromatic N) is 1. The van der Waals surface area contributed by atoms with E-state index in [1.165, 1.54) is 17.5 Å². The molecule has 0 aliphatic rings. The Balaban J connectivity index is 1.69. The number of carboxylic acid groups (broad SMARTS) is 1. The van der Waals surface area contributed by atoms with Gasteiger partial charge in [0.05, 0.1) is 16.1 Å². The lowest BCUT2D eigenvalue weighted by Gasteiger charge is -2.03. The second kappa shape index (κ2) is 6.41. The van der Waals surface area contributed by atoms with Crippen molar-refractivity contribution in [2.75, 3.05) is 0 Å². The monoisotopic (exact) mass is 311 g/mol. The van der Waals surface area contributed by atoms with E-state index in [9.17, 15) is 4.79 Å². The molecule has 1 N–H and O–H groups in total. The van der Waals surface area contributed by atoms with Crippen LogP contribution in [-0.4, -0.2) is 16.1 Å². The first-order valence-electron chi connectivity index (χ1n) is 6.67. The summed E-state index contributed by atoms with van der Waals surface area (Å²) in [6.45, 7) is 0.516. The molecular formula is C17H13NO3S. The average Bonchev–Trinajstić information content (AvgIpc) is 3.03. The Morgan fingerprint density at radius 3 is 2.68 bits per heavy atom. The fourth-order valence-corrected chi connectivity index (χ4v) is 2.74. The minimum Gasteiger partial charge on any atom is -0.488 e. The predicted octanol–water partition coefficient (Wildman–Crippen LogP) is 4.09. The highest BCUT2D eigenvalue weighted by Gasteiger charge is 2.07. The number of thiophene rings is 1. The summed E-state index contributed by atoms with van der Waals surface area (Å²) in [4.78, 5) is 15.9. The number of hydrogen-bond donors (Lipinski definition) is 1. The summed E-state index contributed by atoms with van der Waals surface area (Å²) in [6.07, 6.45) is 1.36. The van der Waals surface area contributed by atoms with E-state index in [0.717, 1.165) is 21.9 Å². The minimum absolute atomic E-state index is 0.181. The van der Waals surface area contributed by atoms with Crippen LogP contribution in [0.2, 0.25) is 0 Å². The van der Waals surface area contributed by atoms with Gasteiger partial charge in [0.2, 0.25) is 0 Å². The molecule has 4 nitrogen and oxygen atoms in total. The summed E-state index contributed by atoms with van der Waals surface area (Å²) >= 11 is 1.52. The molecule has 1 aromatic carbocycles. The van der Waals surface area contributed by atoms with E-state index < -0.39 is 5.97 Å². The highest BCUT2D eigenvalue weighted by molar-refractivity contribution is 7.13. The molecule has 3 aromatic rings. The van der Waals surface area contributed by atoms with Gasteiger partial charge in [-0.05, 0) is 17.7 Å². The van der Waals surface area contributed by atoms with Crippen LogP contribution in [0, 0.1) is 0 Å². The molecular weight excluding hydrogens is 298 g/mol. The first kappa shape index (κ1) is 14.3. The van der Waals surface area contributed by atoms with Crippen molar-refractivity contribution in [3.63, 3.8) is 0 Å². The van der Waals surface area contributed by atoms with Gasteiger partial charge < -0.3 is 9.84 Å². The number of aromatic nitrogens is 1. The molecule has 0 amide bonds. The van der Waals surface area contributed by atoms with Crippen molar-refractivity contribution >= 4 is 17.3 Å². The van der Waals surface area contributed by atoms with E-state index in [2.05, 4.69) is 4.98 Å². The Morgan fingerprint density at radius 1 is 1.18 bits per heavy atom. The Hall–Kier alpha value is -2.66. The van der Waals surface area contributed by atoms with Crippen LogP contribution >= 0.6 is 11.3 Å². The Kier molecular flexibility index (Phi) is 4.16. The summed E-state index contributed by atoms with van der Waals surface area (Å²) in [6, 6.07) is 15.1. The third-order valence-electron chi connectivity index (χ3n) is 3.09. The Labute approximate surface area is 131 Å². The summed E-state index contributed by atoms with van der Waals surface area (Å²) in [5.74, 6) is -0.190. The predicted molar refractivity (Wildman–Crippen MR) is 85.3 cm³/mol. The fraction of sp³-hybridized carbons (Fsp3) is 0.0588. The molecule has 0 atom stereocenters. The molecule has 0 aliphatic heterocycles. The van der Waals surface area contributed by atoms with Gasteiger partial charge in [-0.2, -0.15) is 0 Å². The Morgan fingerprint density at radius 2 is 2.00 bits per heavy atom. The number of hydrogen-bond acceptors (Lipinski definition) is 4. The van der Waals surface area contributed by atoms with Crippen LogP contribution in [0.15, 0.2) is 60.1 Å². The van der Waals surface area contributed by atoms with E-state index in [1.54, 1.807) is 12.1 Å². The van der Waals surface area contributed by atoms with E-state index >= 15 is 0 Å². The van der Waals surface area contributed by atoms with Crippen molar-refractivity contribution < 1.29 is 14.6 Å². The topological polar surface area (TPSA) is 59.4 Å². The van der Waals surface area contributed by atoms with Crippen LogP contribution in [-0.2, 0) is 6.61 Å². The first-order valence-corrected chi connectivity index (χ1v) is 7.55. The summed E-state index contributed by atoms with van der Waals surface area (Å²) in [5.41, 5.74) is 2.03. The van der Waals surface area contributed by atoms with Gasteiger partial charge in [0.15, 0.2) is 0 Å². The summed E-state index contributed by atoms with van der Waals surface area (Å²) in [5, 5.41) is 10.8. The SMILES string of the molecule is O=C(O)c1ccc(-c2cc(OCc3ccccc3)cs2)nc1. The van der Waals surface area contributed by atoms with Gasteiger partial charge in [0, 0.05) is 17.6 Å². The van der Waals surface area contributed by atoms with Crippen LogP contribution in [0.4, 0.5) is 0 Å². The van der Waals surface area contributed by atoms with E-state index in [1.807, 2.05) is 41.8 Å². The maximum atomic E-state index is 10.8. The maximum Gasteiger partial charge on any atom is 0.337 e. The highest BCUT2D eigenvalue weighted by atomic mass is 32.1. The van der Waals surface area contributed by atoms with Crippen LogP contribution in [0.5, 0.6) is 5.75 Å². The van der Waals surface area contributed by atoms with Crippen LogP contribution in [0.1, 0.15) is 15.9 Å². The van der Waals surface area contributed by atoms with Crippen LogP contribution in [0.25, 0.3) is 10.6 Å². The highest BCUT2D eigenvalue weighted by Crippen LogP contribution is 2.30. The van der Waals surface area contributed by atoms with Crippen molar-refractivity contribution in [2.24, 2.45) is 0 Å². The second-order valence-electron chi connectivity index (χ2n) is 4.66. The summed E-state index contributed by atoms with van der Waals surface area (Å²) in [7, 11) is 0. The number of carboxylic acids is 1. The third kappa shape index (κ3) is 3.32. The lowest BCUT2D eigenvalue weighted by atomic mass is 10.2. The fourth-order valence-electron chi connectivity index (χ4n) is 1.94. The molecule has 3 rings (SSSR count). The zero-order chi connectivity index (χ0) is 15.4. The van der Waals surface area contributed by atoms with Crippen LogP contribution in [0.3, 0.4) is 0 Å². The zero-order valence-electron chi connectivity index (χ0n) is 11.6. The van der Waals surface area contributed by atoms with E-state index in [4.69, 9.17) is 9.84 Å². The number of ether oxygens (including phenoxy) is 1. The minimum atomic E-state index is -0.975. The van der Waals surface area contributed by atoms with Gasteiger partial charge in [0.25, 0.3) is 0 Å². The van der Waals surface area contributed by atoms with Gasteiger partial charge in [-0.3, -0.25) is 4.98 Å². The molecule has 0 saturated heterocycles. The third-order valence-corrected chi connectivity index (χ3v) is 4.02. The number of pyridine rings is 1. The van der Waals surface area contributed by atoms with Gasteiger partial charge in [-0.15, -0.1) is 11.3 Å². The molecule has 0 saturated carbocycles. The standard InChI is InChI=1S/C17H13NO3S/c19-17(20)13-6-7-15(18-9-13)16-8-14(11-22-16)21-10-12-4-2-1-3-5-12/h1-9,11H,10H2,(H,19,20). The molecule has 0 aliphatic carbocycles. The first-order chi connectivity index (χ1) is 10.7. The number of aromatic carboxylic acids is 1. The lowest BCUT2D eigenvalue weighted by molar-refractivity contribution is 0.0696. The molecule has 0 fully saturated rings. The normalized spacial score (nSPS) is 10.4. The van der Waals surface area contributed by atoms with Gasteiger partial charge >= 0.3 is 5.97 Å². The molecule has 0 radical (unpaired) electrons. The molecule has 2 aromatic heterocycles. The average molecular weight is 311 g/mol. The number of carbonyl (C=O) groups is 1. The molecule has 5 heteroatoms. The van der Waals surface area contributed by atoms with Crippen molar-refractivity contribution in [2.45, 2.75) is 6.61 Å². The zero-order valence-corrected chi connectivity index (χ0v) is 12.4. The molecule has 22 heavy (non-hydrogen) atoms. The summed E-state index contributed by atoms with van der Waals surface area (Å²) < 4.78 is 5.74. The van der Waals surface area contributed by atoms with Crippen molar-refractivity contribution in [1.29, 1.82) is 0 Å². The largest absolute Gasteiger partial charge is 0.488 e. The molecule has 0 spiro atoms. The van der Waals surface area contributed by atoms with Crippen LogP contribution < -0.4 is 4.74 Å². The van der Waals surface area contributed by atoms with Gasteiger partial charge in [0.1, 0.15) is 12.4 Å². The lowest BCUT2D eigenvalue weighted by Crippen LogP contribution is -1.96. The molecule has 0 bridgehead atoms. The molecule has 0 unspecified atom stereocenters. The maximum absolute atomic E-state index is 10.8. The molecule has 110 valence electrons. The smallest absolute Gasteiger partial charge is 0.337 e. The van der Waals surface area contributed by atoms with Gasteiger partial charge in [-0.25, -0.2) is 4.79 Å². The van der Waals surface area contributed by atoms with E-state index in [-0.39, 0.29) is 5.56 Å². The van der Waals surface area contributed by atoms with E-state index in [0.29, 0.717) is 6.61 Å². The number of rotatable bonds is 5. The second-order valence-corrected chi connectivity index (χ2v) is 5.57. The van der Waals surface area contributed by atoms with Gasteiger partial charge in [-0.1, -0.05) is 30.3 Å². The van der Waals surface area contributed by atoms with Crippen molar-refractivity contribution in [3.05, 3.63) is 71.2 Å². The molecule has 2 heterocycles. The quantitative estimate of drug-likeness (QED) is 0.771.